The van der Waals surface area contributed by atoms with E-state index in [-0.39, 0.29) is 0 Å². The predicted molar refractivity (Wildman–Crippen MR) is 125 cm³/mol. The molecule has 0 saturated carbocycles. The lowest BCUT2D eigenvalue weighted by molar-refractivity contribution is 0.835. The van der Waals surface area contributed by atoms with Crippen LogP contribution < -0.4 is 0 Å². The van der Waals surface area contributed by atoms with Crippen LogP contribution in [0, 0.1) is 0 Å². The topological polar surface area (TPSA) is 59.4 Å². The maximum atomic E-state index is 6.08. The lowest BCUT2D eigenvalue weighted by Crippen LogP contribution is -1.94. The molecular weight excluding hydrogens is 426 g/mol. The van der Waals surface area contributed by atoms with Gasteiger partial charge in [-0.1, -0.05) is 78.0 Å². The quantitative estimate of drug-likeness (QED) is 0.344. The van der Waals surface area contributed by atoms with Crippen molar-refractivity contribution >= 4 is 23.4 Å². The zero-order chi connectivity index (χ0) is 21.2. The van der Waals surface area contributed by atoms with Crippen LogP contribution in [0.4, 0.5) is 0 Å². The molecule has 0 amide bonds. The smallest absolute Gasteiger partial charge is 0.155 e. The van der Waals surface area contributed by atoms with Crippen molar-refractivity contribution in [3.8, 4) is 34.0 Å². The number of hydrogen-bond acceptors (Lipinski definition) is 4. The normalized spacial score (nSPS) is 11.0. The number of H-pyrrole nitrogens is 1. The molecule has 0 fully saturated rings. The molecule has 7 heteroatoms. The van der Waals surface area contributed by atoms with Crippen molar-refractivity contribution in [1.29, 1.82) is 0 Å². The van der Waals surface area contributed by atoms with E-state index < -0.39 is 0 Å². The van der Waals surface area contributed by atoms with Crippen molar-refractivity contribution in [2.75, 3.05) is 0 Å². The second-order valence-corrected chi connectivity index (χ2v) is 8.48. The highest BCUT2D eigenvalue weighted by atomic mass is 35.5. The van der Waals surface area contributed by atoms with Crippen molar-refractivity contribution in [1.82, 2.24) is 24.7 Å². The Balaban J connectivity index is 1.60. The third kappa shape index (κ3) is 4.00. The Morgan fingerprint density at radius 2 is 1.55 bits per heavy atom. The van der Waals surface area contributed by atoms with E-state index in [2.05, 4.69) is 51.1 Å². The summed E-state index contributed by atoms with van der Waals surface area (Å²) < 4.78 is 2.15. The lowest BCUT2D eigenvalue weighted by Gasteiger charge is -2.08. The Bertz CT molecular complexity index is 1300. The molecule has 0 atom stereocenters. The highest BCUT2D eigenvalue weighted by Crippen LogP contribution is 2.39. The van der Waals surface area contributed by atoms with Crippen molar-refractivity contribution < 1.29 is 0 Å². The lowest BCUT2D eigenvalue weighted by atomic mass is 10.1. The van der Waals surface area contributed by atoms with Gasteiger partial charge < -0.3 is 4.57 Å². The van der Waals surface area contributed by atoms with Gasteiger partial charge in [-0.05, 0) is 24.3 Å². The van der Waals surface area contributed by atoms with Gasteiger partial charge in [0.15, 0.2) is 5.82 Å². The summed E-state index contributed by atoms with van der Waals surface area (Å²) in [6, 6.07) is 26.3. The summed E-state index contributed by atoms with van der Waals surface area (Å²) in [6.07, 6.45) is 1.51. The second kappa shape index (κ2) is 8.41. The number of hydrogen-bond donors (Lipinski definition) is 1. The fourth-order valence-electron chi connectivity index (χ4n) is 3.38. The maximum absolute atomic E-state index is 6.08. The number of imidazole rings is 1. The summed E-state index contributed by atoms with van der Waals surface area (Å²) in [5.41, 5.74) is 4.03. The number of aromatic nitrogens is 5. The summed E-state index contributed by atoms with van der Waals surface area (Å²) in [4.78, 5) is 10.4. The molecule has 0 spiro atoms. The number of rotatable bonds is 5. The SMILES string of the molecule is Cn1c(-c2ccccc2)nc(-c2ccc(-c3ncn[nH]3)cc2)c1Sc1ccc(Cl)cc1. The molecule has 0 radical (unpaired) electrons. The predicted octanol–water partition coefficient (Wildman–Crippen LogP) is 6.34. The average molecular weight is 444 g/mol. The summed E-state index contributed by atoms with van der Waals surface area (Å²) in [6.45, 7) is 0. The van der Waals surface area contributed by atoms with Crippen LogP contribution >= 0.6 is 23.4 Å². The van der Waals surface area contributed by atoms with Gasteiger partial charge in [-0.25, -0.2) is 9.97 Å². The third-order valence-corrected chi connectivity index (χ3v) is 6.37. The highest BCUT2D eigenvalue weighted by molar-refractivity contribution is 7.99. The van der Waals surface area contributed by atoms with Gasteiger partial charge in [-0.3, -0.25) is 5.10 Å². The zero-order valence-electron chi connectivity index (χ0n) is 16.7. The van der Waals surface area contributed by atoms with Crippen LogP contribution in [0.5, 0.6) is 0 Å². The van der Waals surface area contributed by atoms with E-state index in [0.29, 0.717) is 0 Å². The van der Waals surface area contributed by atoms with Crippen molar-refractivity contribution in [2.45, 2.75) is 9.92 Å². The largest absolute Gasteiger partial charge is 0.322 e. The van der Waals surface area contributed by atoms with Crippen LogP contribution in [0.1, 0.15) is 0 Å². The first kappa shape index (κ1) is 19.6. The van der Waals surface area contributed by atoms with E-state index in [4.69, 9.17) is 16.6 Å². The Morgan fingerprint density at radius 1 is 0.839 bits per heavy atom. The molecule has 5 nitrogen and oxygen atoms in total. The minimum atomic E-state index is 0.725. The van der Waals surface area contributed by atoms with Gasteiger partial charge in [0.1, 0.15) is 22.9 Å². The minimum absolute atomic E-state index is 0.725. The standard InChI is InChI=1S/C24H18ClN5S/c1-30-23(18-5-3-2-4-6-18)28-21(24(30)31-20-13-11-19(25)12-14-20)16-7-9-17(10-8-16)22-26-15-27-29-22/h2-15H,1H3,(H,26,27,29). The molecule has 0 aliphatic heterocycles. The molecule has 152 valence electrons. The third-order valence-electron chi connectivity index (χ3n) is 4.95. The van der Waals surface area contributed by atoms with Crippen LogP contribution in [0.15, 0.2) is 95.1 Å². The summed E-state index contributed by atoms with van der Waals surface area (Å²) >= 11 is 7.75. The van der Waals surface area contributed by atoms with E-state index >= 15 is 0 Å². The van der Waals surface area contributed by atoms with E-state index in [0.717, 1.165) is 49.0 Å². The van der Waals surface area contributed by atoms with Crippen LogP contribution in [-0.2, 0) is 7.05 Å². The van der Waals surface area contributed by atoms with Gasteiger partial charge in [0.25, 0.3) is 0 Å². The van der Waals surface area contributed by atoms with Crippen molar-refractivity contribution in [2.24, 2.45) is 7.05 Å². The first-order valence-corrected chi connectivity index (χ1v) is 10.9. The van der Waals surface area contributed by atoms with Gasteiger partial charge >= 0.3 is 0 Å². The molecule has 0 saturated heterocycles. The molecule has 5 rings (SSSR count). The van der Waals surface area contributed by atoms with E-state index in [1.165, 1.54) is 6.33 Å². The molecule has 0 aliphatic carbocycles. The minimum Gasteiger partial charge on any atom is -0.322 e. The first-order valence-electron chi connectivity index (χ1n) is 9.71. The number of halogens is 1. The zero-order valence-corrected chi connectivity index (χ0v) is 18.2. The van der Waals surface area contributed by atoms with Gasteiger partial charge in [-0.15, -0.1) is 0 Å². The summed E-state index contributed by atoms with van der Waals surface area (Å²) in [5.74, 6) is 1.67. The molecule has 0 aliphatic rings. The van der Waals surface area contributed by atoms with Crippen molar-refractivity contribution in [3.63, 3.8) is 0 Å². The molecule has 5 aromatic rings. The Morgan fingerprint density at radius 3 is 2.23 bits per heavy atom. The molecule has 3 aromatic carbocycles. The number of nitrogens with zero attached hydrogens (tertiary/aromatic N) is 4. The molecule has 1 N–H and O–H groups in total. The molecule has 2 heterocycles. The Hall–Kier alpha value is -3.35. The molecule has 2 aromatic heterocycles. The maximum Gasteiger partial charge on any atom is 0.155 e. The average Bonchev–Trinajstić information content (AvgIpc) is 3.45. The first-order chi connectivity index (χ1) is 15.2. The van der Waals surface area contributed by atoms with Gasteiger partial charge in [0.2, 0.25) is 0 Å². The Kier molecular flexibility index (Phi) is 5.32. The number of nitrogens with one attached hydrogen (secondary N) is 1. The number of benzene rings is 3. The van der Waals surface area contributed by atoms with E-state index in [9.17, 15) is 0 Å². The van der Waals surface area contributed by atoms with Gasteiger partial charge in [-0.2, -0.15) is 5.10 Å². The van der Waals surface area contributed by atoms with Crippen LogP contribution in [0.3, 0.4) is 0 Å². The highest BCUT2D eigenvalue weighted by Gasteiger charge is 2.19. The molecule has 0 bridgehead atoms. The van der Waals surface area contributed by atoms with Crippen molar-refractivity contribution in [3.05, 3.63) is 90.2 Å². The van der Waals surface area contributed by atoms with Crippen LogP contribution in [-0.4, -0.2) is 24.7 Å². The van der Waals surface area contributed by atoms with Gasteiger partial charge in [0, 0.05) is 33.7 Å². The second-order valence-electron chi connectivity index (χ2n) is 6.98. The molecular formula is C24H18ClN5S. The molecule has 0 unspecified atom stereocenters. The monoisotopic (exact) mass is 443 g/mol. The van der Waals surface area contributed by atoms with Crippen LogP contribution in [0.2, 0.25) is 5.02 Å². The fourth-order valence-corrected chi connectivity index (χ4v) is 4.48. The molecule has 31 heavy (non-hydrogen) atoms. The summed E-state index contributed by atoms with van der Waals surface area (Å²) in [5, 5.41) is 8.62. The van der Waals surface area contributed by atoms with Gasteiger partial charge in [0.05, 0.1) is 0 Å². The Labute approximate surface area is 189 Å². The fraction of sp³-hybridized carbons (Fsp3) is 0.0417. The van der Waals surface area contributed by atoms with Crippen LogP contribution in [0.25, 0.3) is 34.0 Å². The van der Waals surface area contributed by atoms with E-state index in [1.54, 1.807) is 11.8 Å². The summed E-state index contributed by atoms with van der Waals surface area (Å²) in [7, 11) is 2.06. The van der Waals surface area contributed by atoms with E-state index in [1.807, 2.05) is 54.6 Å². The number of aromatic amines is 1.